The molecule has 0 amide bonds. The Hall–Kier alpha value is -1.06. The van der Waals surface area contributed by atoms with E-state index in [-0.39, 0.29) is 0 Å². The molecule has 0 atom stereocenters. The van der Waals surface area contributed by atoms with Gasteiger partial charge in [-0.2, -0.15) is 0 Å². The standard InChI is InChI=1S/C19H32N2O/c1-21(2)14-15-22-19-11-9-18(10-12-19)17-7-5-16(6-8-17)4-3-13-20/h9-12,16-17H,3-8,13-15,20H2,1-2H3. The first-order valence-electron chi connectivity index (χ1n) is 8.76. The molecule has 1 saturated carbocycles. The van der Waals surface area contributed by atoms with Crippen molar-refractivity contribution < 1.29 is 4.74 Å². The van der Waals surface area contributed by atoms with Crippen LogP contribution in [0, 0.1) is 5.92 Å². The summed E-state index contributed by atoms with van der Waals surface area (Å²) in [6, 6.07) is 8.78. The molecule has 0 bridgehead atoms. The lowest BCUT2D eigenvalue weighted by atomic mass is 9.77. The number of benzene rings is 1. The van der Waals surface area contributed by atoms with Gasteiger partial charge in [-0.3, -0.25) is 0 Å². The third-order valence-electron chi connectivity index (χ3n) is 4.82. The van der Waals surface area contributed by atoms with Crippen molar-refractivity contribution in [3.05, 3.63) is 29.8 Å². The number of hydrogen-bond donors (Lipinski definition) is 1. The fourth-order valence-corrected chi connectivity index (χ4v) is 3.37. The minimum Gasteiger partial charge on any atom is -0.492 e. The number of ether oxygens (including phenoxy) is 1. The minimum atomic E-state index is 0.741. The van der Waals surface area contributed by atoms with Crippen molar-refractivity contribution in [2.75, 3.05) is 33.8 Å². The second-order valence-corrected chi connectivity index (χ2v) is 6.87. The van der Waals surface area contributed by atoms with Crippen LogP contribution >= 0.6 is 0 Å². The van der Waals surface area contributed by atoms with E-state index < -0.39 is 0 Å². The number of nitrogens with two attached hydrogens (primary N) is 1. The monoisotopic (exact) mass is 304 g/mol. The van der Waals surface area contributed by atoms with Gasteiger partial charge < -0.3 is 15.4 Å². The highest BCUT2D eigenvalue weighted by Gasteiger charge is 2.21. The topological polar surface area (TPSA) is 38.5 Å². The fraction of sp³-hybridized carbons (Fsp3) is 0.684. The van der Waals surface area contributed by atoms with Crippen molar-refractivity contribution >= 4 is 0 Å². The predicted molar refractivity (Wildman–Crippen MR) is 93.5 cm³/mol. The van der Waals surface area contributed by atoms with E-state index in [1.807, 2.05) is 0 Å². The zero-order valence-electron chi connectivity index (χ0n) is 14.3. The third kappa shape index (κ3) is 5.62. The van der Waals surface area contributed by atoms with Gasteiger partial charge in [0.25, 0.3) is 0 Å². The average molecular weight is 304 g/mol. The lowest BCUT2D eigenvalue weighted by Crippen LogP contribution is -2.19. The first-order chi connectivity index (χ1) is 10.7. The average Bonchev–Trinajstić information content (AvgIpc) is 2.54. The van der Waals surface area contributed by atoms with Crippen molar-refractivity contribution in [1.29, 1.82) is 0 Å². The molecule has 1 aromatic carbocycles. The van der Waals surface area contributed by atoms with Crippen LogP contribution in [0.3, 0.4) is 0 Å². The molecule has 124 valence electrons. The van der Waals surface area contributed by atoms with E-state index in [0.717, 1.165) is 37.3 Å². The van der Waals surface area contributed by atoms with Gasteiger partial charge in [-0.25, -0.2) is 0 Å². The van der Waals surface area contributed by atoms with Crippen LogP contribution in [0.4, 0.5) is 0 Å². The van der Waals surface area contributed by atoms with E-state index in [1.54, 1.807) is 0 Å². The first-order valence-corrected chi connectivity index (χ1v) is 8.76. The second-order valence-electron chi connectivity index (χ2n) is 6.87. The molecule has 0 aromatic heterocycles. The van der Waals surface area contributed by atoms with Crippen LogP contribution in [0.2, 0.25) is 0 Å². The molecule has 2 rings (SSSR count). The molecule has 0 unspecified atom stereocenters. The van der Waals surface area contributed by atoms with Gasteiger partial charge in [0.05, 0.1) is 0 Å². The van der Waals surface area contributed by atoms with Crippen LogP contribution in [0.15, 0.2) is 24.3 Å². The van der Waals surface area contributed by atoms with E-state index in [1.165, 1.54) is 44.1 Å². The van der Waals surface area contributed by atoms with Crippen LogP contribution in [0.5, 0.6) is 5.75 Å². The number of likely N-dealkylation sites (N-methyl/N-ethyl adjacent to an activating group) is 1. The first kappa shape index (κ1) is 17.3. The summed E-state index contributed by atoms with van der Waals surface area (Å²) in [6.07, 6.45) is 7.90. The molecule has 0 heterocycles. The van der Waals surface area contributed by atoms with Crippen LogP contribution in [-0.2, 0) is 0 Å². The van der Waals surface area contributed by atoms with E-state index in [4.69, 9.17) is 10.5 Å². The maximum atomic E-state index is 5.77. The van der Waals surface area contributed by atoms with Crippen molar-refractivity contribution in [3.63, 3.8) is 0 Å². The van der Waals surface area contributed by atoms with Gasteiger partial charge in [0.15, 0.2) is 0 Å². The van der Waals surface area contributed by atoms with Crippen molar-refractivity contribution in [1.82, 2.24) is 4.90 Å². The Morgan fingerprint density at radius 2 is 1.77 bits per heavy atom. The van der Waals surface area contributed by atoms with E-state index in [9.17, 15) is 0 Å². The summed E-state index contributed by atoms with van der Waals surface area (Å²) >= 11 is 0. The van der Waals surface area contributed by atoms with Gasteiger partial charge in [0, 0.05) is 6.54 Å². The smallest absolute Gasteiger partial charge is 0.119 e. The maximum Gasteiger partial charge on any atom is 0.119 e. The van der Waals surface area contributed by atoms with Crippen LogP contribution in [-0.4, -0.2) is 38.7 Å². The van der Waals surface area contributed by atoms with Gasteiger partial charge in [-0.15, -0.1) is 0 Å². The molecule has 1 aliphatic rings. The Balaban J connectivity index is 1.76. The van der Waals surface area contributed by atoms with Gasteiger partial charge in [-0.1, -0.05) is 12.1 Å². The van der Waals surface area contributed by atoms with Crippen molar-refractivity contribution in [2.24, 2.45) is 11.7 Å². The predicted octanol–water partition coefficient (Wildman–Crippen LogP) is 3.64. The number of nitrogens with zero attached hydrogens (tertiary/aromatic N) is 1. The molecule has 22 heavy (non-hydrogen) atoms. The van der Waals surface area contributed by atoms with Crippen molar-refractivity contribution in [2.45, 2.75) is 44.4 Å². The summed E-state index contributed by atoms with van der Waals surface area (Å²) in [5, 5.41) is 0. The Labute approximate surface area is 135 Å². The largest absolute Gasteiger partial charge is 0.492 e. The zero-order valence-corrected chi connectivity index (χ0v) is 14.3. The summed E-state index contributed by atoms with van der Waals surface area (Å²) < 4.78 is 5.77. The molecule has 0 radical (unpaired) electrons. The van der Waals surface area contributed by atoms with Gasteiger partial charge in [0.2, 0.25) is 0 Å². The SMILES string of the molecule is CN(C)CCOc1ccc(C2CCC(CCCN)CC2)cc1. The van der Waals surface area contributed by atoms with E-state index in [0.29, 0.717) is 0 Å². The van der Waals surface area contributed by atoms with Crippen molar-refractivity contribution in [3.8, 4) is 5.75 Å². The fourth-order valence-electron chi connectivity index (χ4n) is 3.37. The van der Waals surface area contributed by atoms with Gasteiger partial charge in [-0.05, 0) is 88.7 Å². The second kappa shape index (κ2) is 9.16. The Morgan fingerprint density at radius 3 is 2.36 bits per heavy atom. The van der Waals surface area contributed by atoms with E-state index >= 15 is 0 Å². The van der Waals surface area contributed by atoms with Crippen LogP contribution in [0.1, 0.15) is 50.0 Å². The molecule has 1 aliphatic carbocycles. The molecule has 3 heteroatoms. The molecular formula is C19H32N2O. The molecule has 0 aliphatic heterocycles. The summed E-state index contributed by atoms with van der Waals surface area (Å²) in [7, 11) is 4.13. The summed E-state index contributed by atoms with van der Waals surface area (Å²) in [4.78, 5) is 2.14. The van der Waals surface area contributed by atoms with E-state index in [2.05, 4.69) is 43.3 Å². The number of rotatable bonds is 8. The highest BCUT2D eigenvalue weighted by molar-refractivity contribution is 5.29. The molecule has 1 fully saturated rings. The Kier molecular flexibility index (Phi) is 7.20. The molecule has 1 aromatic rings. The lowest BCUT2D eigenvalue weighted by molar-refractivity contribution is 0.261. The highest BCUT2D eigenvalue weighted by Crippen LogP contribution is 2.37. The van der Waals surface area contributed by atoms with Crippen LogP contribution < -0.4 is 10.5 Å². The Morgan fingerprint density at radius 1 is 1.09 bits per heavy atom. The molecule has 2 N–H and O–H groups in total. The highest BCUT2D eigenvalue weighted by atomic mass is 16.5. The molecule has 3 nitrogen and oxygen atoms in total. The van der Waals surface area contributed by atoms with Crippen LogP contribution in [0.25, 0.3) is 0 Å². The molecule has 0 spiro atoms. The summed E-state index contributed by atoms with van der Waals surface area (Å²) in [5.41, 5.74) is 7.10. The molecule has 0 saturated heterocycles. The van der Waals surface area contributed by atoms with Gasteiger partial charge in [0.1, 0.15) is 12.4 Å². The summed E-state index contributed by atoms with van der Waals surface area (Å²) in [5.74, 6) is 2.64. The summed E-state index contributed by atoms with van der Waals surface area (Å²) in [6.45, 7) is 2.54. The lowest BCUT2D eigenvalue weighted by Gasteiger charge is -2.28. The quantitative estimate of drug-likeness (QED) is 0.797. The third-order valence-corrected chi connectivity index (χ3v) is 4.82. The zero-order chi connectivity index (χ0) is 15.8. The number of hydrogen-bond acceptors (Lipinski definition) is 3. The maximum absolute atomic E-state index is 5.77. The van der Waals surface area contributed by atoms with Gasteiger partial charge >= 0.3 is 0 Å². The normalized spacial score (nSPS) is 22.0. The Bertz CT molecular complexity index is 408. The molecular weight excluding hydrogens is 272 g/mol. The minimum absolute atomic E-state index is 0.741.